The summed E-state index contributed by atoms with van der Waals surface area (Å²) < 4.78 is 15.6. The molecule has 128 valence electrons. The number of carboxylic acids is 1. The van der Waals surface area contributed by atoms with Gasteiger partial charge in [-0.25, -0.2) is 4.79 Å². The highest BCUT2D eigenvalue weighted by Gasteiger charge is 2.44. The van der Waals surface area contributed by atoms with E-state index in [1.54, 1.807) is 0 Å². The van der Waals surface area contributed by atoms with Crippen molar-refractivity contribution in [2.75, 3.05) is 13.7 Å². The topological polar surface area (TPSA) is 146 Å². The summed E-state index contributed by atoms with van der Waals surface area (Å²) in [5.41, 5.74) is -0.0250. The molecule has 23 heavy (non-hydrogen) atoms. The second-order valence-corrected chi connectivity index (χ2v) is 4.99. The standard InChI is InChI=1S/C14H18O9/c1-21-8-4-6(13(19)20)2-3-7(8)22-14-12(18)11(17)10(16)9(5-15)23-14/h2-4,9-12,14-18H,5H2,1H3,(H,19,20)/t9-,10-,11+,12-,14-/m0/s1. The highest BCUT2D eigenvalue weighted by atomic mass is 16.7. The van der Waals surface area contributed by atoms with Gasteiger partial charge in [-0.2, -0.15) is 0 Å². The fraction of sp³-hybridized carbons (Fsp3) is 0.500. The first-order valence-electron chi connectivity index (χ1n) is 6.77. The number of benzene rings is 1. The molecule has 0 bridgehead atoms. The average Bonchev–Trinajstić information content (AvgIpc) is 2.55. The molecule has 1 heterocycles. The van der Waals surface area contributed by atoms with Gasteiger partial charge in [0.1, 0.15) is 24.4 Å². The smallest absolute Gasteiger partial charge is 0.335 e. The van der Waals surface area contributed by atoms with Gasteiger partial charge in [-0.1, -0.05) is 0 Å². The van der Waals surface area contributed by atoms with E-state index in [-0.39, 0.29) is 17.1 Å². The Morgan fingerprint density at radius 1 is 1.17 bits per heavy atom. The normalized spacial score (nSPS) is 30.7. The molecule has 5 N–H and O–H groups in total. The van der Waals surface area contributed by atoms with Crippen LogP contribution in [0.3, 0.4) is 0 Å². The molecule has 1 saturated heterocycles. The van der Waals surface area contributed by atoms with E-state index in [1.165, 1.54) is 25.3 Å². The van der Waals surface area contributed by atoms with Crippen molar-refractivity contribution in [3.8, 4) is 11.5 Å². The van der Waals surface area contributed by atoms with Crippen molar-refractivity contribution >= 4 is 5.97 Å². The number of carbonyl (C=O) groups is 1. The molecule has 1 aliphatic rings. The number of hydrogen-bond acceptors (Lipinski definition) is 8. The van der Waals surface area contributed by atoms with Crippen LogP contribution in [0.25, 0.3) is 0 Å². The van der Waals surface area contributed by atoms with Gasteiger partial charge in [0.25, 0.3) is 0 Å². The van der Waals surface area contributed by atoms with Gasteiger partial charge >= 0.3 is 5.97 Å². The lowest BCUT2D eigenvalue weighted by Crippen LogP contribution is -2.60. The zero-order valence-corrected chi connectivity index (χ0v) is 12.2. The zero-order valence-electron chi connectivity index (χ0n) is 12.2. The Bertz CT molecular complexity index is 559. The Labute approximate surface area is 131 Å². The van der Waals surface area contributed by atoms with E-state index in [1.807, 2.05) is 0 Å². The maximum Gasteiger partial charge on any atom is 0.335 e. The van der Waals surface area contributed by atoms with Crippen LogP contribution in [0.15, 0.2) is 18.2 Å². The van der Waals surface area contributed by atoms with Gasteiger partial charge < -0.3 is 39.7 Å². The molecule has 1 aliphatic heterocycles. The molecular weight excluding hydrogens is 312 g/mol. The van der Waals surface area contributed by atoms with Crippen LogP contribution in [0.1, 0.15) is 10.4 Å². The molecule has 1 aromatic carbocycles. The number of hydrogen-bond donors (Lipinski definition) is 5. The van der Waals surface area contributed by atoms with Crippen molar-refractivity contribution < 1.29 is 44.5 Å². The van der Waals surface area contributed by atoms with E-state index in [4.69, 9.17) is 24.4 Å². The summed E-state index contributed by atoms with van der Waals surface area (Å²) in [5, 5.41) is 47.4. The number of ether oxygens (including phenoxy) is 3. The van der Waals surface area contributed by atoms with Crippen molar-refractivity contribution in [1.82, 2.24) is 0 Å². The van der Waals surface area contributed by atoms with Gasteiger partial charge in [0.15, 0.2) is 11.5 Å². The van der Waals surface area contributed by atoms with E-state index in [0.717, 1.165) is 0 Å². The minimum atomic E-state index is -1.57. The fourth-order valence-electron chi connectivity index (χ4n) is 2.19. The number of methoxy groups -OCH3 is 1. The molecule has 0 aliphatic carbocycles. The van der Waals surface area contributed by atoms with E-state index in [9.17, 15) is 20.1 Å². The number of aliphatic hydroxyl groups is 4. The fourth-order valence-corrected chi connectivity index (χ4v) is 2.19. The molecule has 9 heteroatoms. The first kappa shape index (κ1) is 17.4. The van der Waals surface area contributed by atoms with E-state index in [2.05, 4.69) is 0 Å². The maximum atomic E-state index is 10.9. The Morgan fingerprint density at radius 3 is 2.43 bits per heavy atom. The van der Waals surface area contributed by atoms with Crippen LogP contribution < -0.4 is 9.47 Å². The molecule has 0 radical (unpaired) electrons. The van der Waals surface area contributed by atoms with Gasteiger partial charge in [0, 0.05) is 0 Å². The summed E-state index contributed by atoms with van der Waals surface area (Å²) in [5.74, 6) is -0.994. The number of rotatable bonds is 5. The van der Waals surface area contributed by atoms with Gasteiger partial charge in [0.05, 0.1) is 19.3 Å². The summed E-state index contributed by atoms with van der Waals surface area (Å²) in [4.78, 5) is 10.9. The SMILES string of the molecule is COc1cc(C(=O)O)ccc1O[C@H]1O[C@@H](CO)[C@H](O)[C@@H](O)[C@@H]1O. The molecule has 1 fully saturated rings. The lowest BCUT2D eigenvalue weighted by atomic mass is 9.99. The second kappa shape index (κ2) is 7.11. The first-order valence-corrected chi connectivity index (χ1v) is 6.77. The Kier molecular flexibility index (Phi) is 5.39. The quantitative estimate of drug-likeness (QED) is 0.438. The van der Waals surface area contributed by atoms with Crippen molar-refractivity contribution in [3.63, 3.8) is 0 Å². The highest BCUT2D eigenvalue weighted by Crippen LogP contribution is 2.31. The van der Waals surface area contributed by atoms with Crippen LogP contribution in [-0.4, -0.2) is 75.9 Å². The molecule has 0 spiro atoms. The van der Waals surface area contributed by atoms with Gasteiger partial charge in [-0.05, 0) is 18.2 Å². The number of carboxylic acid groups (broad SMARTS) is 1. The number of aliphatic hydroxyl groups excluding tert-OH is 4. The van der Waals surface area contributed by atoms with E-state index >= 15 is 0 Å². The molecule has 9 nitrogen and oxygen atoms in total. The zero-order chi connectivity index (χ0) is 17.1. The van der Waals surface area contributed by atoms with Crippen LogP contribution in [0, 0.1) is 0 Å². The summed E-state index contributed by atoms with van der Waals surface area (Å²) in [6.07, 6.45) is -7.13. The molecule has 2 rings (SSSR count). The molecule has 0 amide bonds. The summed E-state index contributed by atoms with van der Waals surface area (Å²) >= 11 is 0. The molecule has 0 saturated carbocycles. The van der Waals surface area contributed by atoms with Crippen molar-refractivity contribution in [1.29, 1.82) is 0 Å². The Morgan fingerprint density at radius 2 is 1.87 bits per heavy atom. The first-order chi connectivity index (χ1) is 10.9. The third kappa shape index (κ3) is 3.54. The lowest BCUT2D eigenvalue weighted by Gasteiger charge is -2.39. The third-order valence-corrected chi connectivity index (χ3v) is 3.50. The van der Waals surface area contributed by atoms with Gasteiger partial charge in [-0.15, -0.1) is 0 Å². The van der Waals surface area contributed by atoms with E-state index < -0.39 is 43.3 Å². The van der Waals surface area contributed by atoms with Crippen molar-refractivity contribution in [2.24, 2.45) is 0 Å². The predicted octanol–water partition coefficient (Wildman–Crippen LogP) is -1.43. The van der Waals surface area contributed by atoms with Gasteiger partial charge in [0.2, 0.25) is 6.29 Å². The molecule has 0 unspecified atom stereocenters. The third-order valence-electron chi connectivity index (χ3n) is 3.50. The lowest BCUT2D eigenvalue weighted by molar-refractivity contribution is -0.277. The maximum absolute atomic E-state index is 10.9. The van der Waals surface area contributed by atoms with E-state index in [0.29, 0.717) is 0 Å². The Hall–Kier alpha value is -1.91. The average molecular weight is 330 g/mol. The molecule has 5 atom stereocenters. The molecular formula is C14H18O9. The molecule has 0 aromatic heterocycles. The largest absolute Gasteiger partial charge is 0.493 e. The van der Waals surface area contributed by atoms with Crippen LogP contribution in [-0.2, 0) is 4.74 Å². The monoisotopic (exact) mass is 330 g/mol. The Balaban J connectivity index is 2.22. The summed E-state index contributed by atoms with van der Waals surface area (Å²) in [6, 6.07) is 3.80. The highest BCUT2D eigenvalue weighted by molar-refractivity contribution is 5.88. The minimum Gasteiger partial charge on any atom is -0.493 e. The second-order valence-electron chi connectivity index (χ2n) is 4.99. The molecule has 1 aromatic rings. The summed E-state index contributed by atoms with van der Waals surface area (Å²) in [7, 11) is 1.31. The van der Waals surface area contributed by atoms with Crippen molar-refractivity contribution in [3.05, 3.63) is 23.8 Å². The van der Waals surface area contributed by atoms with Crippen LogP contribution in [0.5, 0.6) is 11.5 Å². The van der Waals surface area contributed by atoms with Crippen molar-refractivity contribution in [2.45, 2.75) is 30.7 Å². The summed E-state index contributed by atoms with van der Waals surface area (Å²) in [6.45, 7) is -0.583. The minimum absolute atomic E-state index is 0.0250. The van der Waals surface area contributed by atoms with Crippen LogP contribution in [0.4, 0.5) is 0 Å². The van der Waals surface area contributed by atoms with Crippen LogP contribution >= 0.6 is 0 Å². The predicted molar refractivity (Wildman–Crippen MR) is 74.3 cm³/mol. The number of aromatic carboxylic acids is 1. The van der Waals surface area contributed by atoms with Crippen LogP contribution in [0.2, 0.25) is 0 Å². The van der Waals surface area contributed by atoms with Gasteiger partial charge in [-0.3, -0.25) is 0 Å².